The molecule has 102 valence electrons. The minimum atomic E-state index is -1.32. The van der Waals surface area contributed by atoms with Crippen molar-refractivity contribution in [2.75, 3.05) is 18.0 Å². The predicted octanol–water partition coefficient (Wildman–Crippen LogP) is 2.90. The highest BCUT2D eigenvalue weighted by molar-refractivity contribution is 5.88. The second kappa shape index (κ2) is 4.47. The number of anilines is 1. The van der Waals surface area contributed by atoms with Crippen LogP contribution in [0.2, 0.25) is 0 Å². The molecule has 2 aliphatic rings. The van der Waals surface area contributed by atoms with Crippen molar-refractivity contribution in [1.29, 1.82) is 0 Å². The van der Waals surface area contributed by atoms with E-state index >= 15 is 0 Å². The van der Waals surface area contributed by atoms with E-state index in [1.165, 1.54) is 6.42 Å². The molecule has 0 amide bonds. The Labute approximate surface area is 109 Å². The topological polar surface area (TPSA) is 40.5 Å². The van der Waals surface area contributed by atoms with Gasteiger partial charge in [-0.3, -0.25) is 0 Å². The van der Waals surface area contributed by atoms with Crippen LogP contribution in [0.25, 0.3) is 0 Å². The van der Waals surface area contributed by atoms with Crippen LogP contribution in [0.1, 0.15) is 29.6 Å². The summed E-state index contributed by atoms with van der Waals surface area (Å²) in [6, 6.07) is 1.80. The maximum absolute atomic E-state index is 14.0. The molecule has 3 nitrogen and oxygen atoms in total. The van der Waals surface area contributed by atoms with E-state index in [1.807, 2.05) is 0 Å². The van der Waals surface area contributed by atoms with Crippen LogP contribution in [0.3, 0.4) is 0 Å². The first-order valence-corrected chi connectivity index (χ1v) is 6.53. The van der Waals surface area contributed by atoms with E-state index in [-0.39, 0.29) is 11.3 Å². The number of fused-ring (bicyclic) bond motifs is 1. The van der Waals surface area contributed by atoms with Gasteiger partial charge < -0.3 is 10.0 Å². The third-order valence-electron chi connectivity index (χ3n) is 4.31. The smallest absolute Gasteiger partial charge is 0.335 e. The molecular formula is C14H15F2NO2. The summed E-state index contributed by atoms with van der Waals surface area (Å²) in [5.41, 5.74) is -0.419. The van der Waals surface area contributed by atoms with Gasteiger partial charge in [-0.15, -0.1) is 0 Å². The standard InChI is InChI=1S/C14H15F2NO2/c15-11-4-10(14(18)19)5-12(16)13(11)17-6-8-2-1-3-9(8)7-17/h4-5,8-9H,1-3,6-7H2,(H,18,19). The molecule has 5 heteroatoms. The van der Waals surface area contributed by atoms with Crippen LogP contribution in [-0.4, -0.2) is 24.2 Å². The van der Waals surface area contributed by atoms with Crippen LogP contribution >= 0.6 is 0 Å². The highest BCUT2D eigenvalue weighted by atomic mass is 19.1. The monoisotopic (exact) mass is 267 g/mol. The van der Waals surface area contributed by atoms with Crippen LogP contribution in [-0.2, 0) is 0 Å². The molecule has 1 aliphatic carbocycles. The largest absolute Gasteiger partial charge is 0.478 e. The first-order chi connectivity index (χ1) is 9.06. The van der Waals surface area contributed by atoms with E-state index < -0.39 is 17.6 Å². The number of hydrogen-bond donors (Lipinski definition) is 1. The van der Waals surface area contributed by atoms with Crippen LogP contribution in [0, 0.1) is 23.5 Å². The molecule has 19 heavy (non-hydrogen) atoms. The highest BCUT2D eigenvalue weighted by Gasteiger charge is 2.37. The lowest BCUT2D eigenvalue weighted by atomic mass is 10.0. The Balaban J connectivity index is 1.91. The lowest BCUT2D eigenvalue weighted by Gasteiger charge is -2.21. The average molecular weight is 267 g/mol. The third kappa shape index (κ3) is 2.07. The summed E-state index contributed by atoms with van der Waals surface area (Å²) in [5, 5.41) is 8.77. The van der Waals surface area contributed by atoms with Crippen molar-refractivity contribution in [3.63, 3.8) is 0 Å². The number of carboxylic acid groups (broad SMARTS) is 1. The highest BCUT2D eigenvalue weighted by Crippen LogP contribution is 2.40. The summed E-state index contributed by atoms with van der Waals surface area (Å²) in [7, 11) is 0. The number of carboxylic acids is 1. The van der Waals surface area contributed by atoms with E-state index in [0.717, 1.165) is 25.0 Å². The minimum Gasteiger partial charge on any atom is -0.478 e. The van der Waals surface area contributed by atoms with E-state index in [9.17, 15) is 13.6 Å². The van der Waals surface area contributed by atoms with Gasteiger partial charge in [0.25, 0.3) is 0 Å². The normalized spacial score (nSPS) is 25.7. The fourth-order valence-electron chi connectivity index (χ4n) is 3.41. The molecule has 1 aliphatic heterocycles. The summed E-state index contributed by atoms with van der Waals surface area (Å²) >= 11 is 0. The number of hydrogen-bond acceptors (Lipinski definition) is 2. The zero-order chi connectivity index (χ0) is 13.6. The maximum Gasteiger partial charge on any atom is 0.335 e. The Bertz CT molecular complexity index is 497. The van der Waals surface area contributed by atoms with Crippen LogP contribution in [0.4, 0.5) is 14.5 Å². The molecule has 0 radical (unpaired) electrons. The molecule has 1 saturated carbocycles. The lowest BCUT2D eigenvalue weighted by Crippen LogP contribution is -2.23. The second-order valence-corrected chi connectivity index (χ2v) is 5.45. The van der Waals surface area contributed by atoms with Crippen molar-refractivity contribution >= 4 is 11.7 Å². The van der Waals surface area contributed by atoms with Crippen molar-refractivity contribution in [3.05, 3.63) is 29.3 Å². The number of rotatable bonds is 2. The fraction of sp³-hybridized carbons (Fsp3) is 0.500. The van der Waals surface area contributed by atoms with E-state index in [0.29, 0.717) is 24.9 Å². The van der Waals surface area contributed by atoms with Gasteiger partial charge in [0.15, 0.2) is 0 Å². The molecule has 2 unspecified atom stereocenters. The summed E-state index contributed by atoms with van der Waals surface area (Å²) in [6.07, 6.45) is 3.45. The number of benzene rings is 1. The molecule has 0 aromatic heterocycles. The molecule has 2 atom stereocenters. The molecule has 1 N–H and O–H groups in total. The van der Waals surface area contributed by atoms with Gasteiger partial charge >= 0.3 is 5.97 Å². The Morgan fingerprint density at radius 1 is 1.16 bits per heavy atom. The maximum atomic E-state index is 14.0. The SMILES string of the molecule is O=C(O)c1cc(F)c(N2CC3CCCC3C2)c(F)c1. The van der Waals surface area contributed by atoms with Gasteiger partial charge in [0.2, 0.25) is 0 Å². The van der Waals surface area contributed by atoms with Crippen molar-refractivity contribution in [1.82, 2.24) is 0 Å². The van der Waals surface area contributed by atoms with Gasteiger partial charge in [-0.25, -0.2) is 13.6 Å². The Kier molecular flexibility index (Phi) is 2.92. The first kappa shape index (κ1) is 12.4. The molecule has 1 saturated heterocycles. The van der Waals surface area contributed by atoms with Gasteiger partial charge in [0.1, 0.15) is 17.3 Å². The fourth-order valence-corrected chi connectivity index (χ4v) is 3.41. The van der Waals surface area contributed by atoms with E-state index in [4.69, 9.17) is 5.11 Å². The third-order valence-corrected chi connectivity index (χ3v) is 4.31. The molecule has 1 heterocycles. The van der Waals surface area contributed by atoms with Crippen molar-refractivity contribution in [2.24, 2.45) is 11.8 Å². The summed E-state index contributed by atoms with van der Waals surface area (Å²) in [5.74, 6) is -1.83. The second-order valence-electron chi connectivity index (χ2n) is 5.45. The van der Waals surface area contributed by atoms with E-state index in [1.54, 1.807) is 4.90 Å². The minimum absolute atomic E-state index is 0.0700. The Morgan fingerprint density at radius 3 is 2.16 bits per heavy atom. The summed E-state index contributed by atoms with van der Waals surface area (Å²) in [6.45, 7) is 1.34. The molecule has 1 aromatic carbocycles. The Morgan fingerprint density at radius 2 is 1.68 bits per heavy atom. The predicted molar refractivity (Wildman–Crippen MR) is 66.4 cm³/mol. The van der Waals surface area contributed by atoms with Gasteiger partial charge in [-0.1, -0.05) is 6.42 Å². The van der Waals surface area contributed by atoms with Gasteiger partial charge in [0.05, 0.1) is 5.56 Å². The zero-order valence-corrected chi connectivity index (χ0v) is 10.4. The van der Waals surface area contributed by atoms with Gasteiger partial charge in [0, 0.05) is 13.1 Å². The average Bonchev–Trinajstić information content (AvgIpc) is 2.88. The van der Waals surface area contributed by atoms with Gasteiger partial charge in [-0.05, 0) is 36.8 Å². The Hall–Kier alpha value is -1.65. The summed E-state index contributed by atoms with van der Waals surface area (Å²) < 4.78 is 27.9. The van der Waals surface area contributed by atoms with Crippen molar-refractivity contribution in [2.45, 2.75) is 19.3 Å². The van der Waals surface area contributed by atoms with Gasteiger partial charge in [-0.2, -0.15) is 0 Å². The first-order valence-electron chi connectivity index (χ1n) is 6.53. The van der Waals surface area contributed by atoms with Crippen molar-refractivity contribution in [3.8, 4) is 0 Å². The lowest BCUT2D eigenvalue weighted by molar-refractivity contribution is 0.0696. The molecule has 2 fully saturated rings. The zero-order valence-electron chi connectivity index (χ0n) is 10.4. The van der Waals surface area contributed by atoms with Crippen LogP contribution in [0.5, 0.6) is 0 Å². The quantitative estimate of drug-likeness (QED) is 0.895. The number of nitrogens with zero attached hydrogens (tertiary/aromatic N) is 1. The van der Waals surface area contributed by atoms with Crippen LogP contribution in [0.15, 0.2) is 12.1 Å². The molecule has 3 rings (SSSR count). The van der Waals surface area contributed by atoms with Crippen molar-refractivity contribution < 1.29 is 18.7 Å². The molecule has 1 aromatic rings. The molecular weight excluding hydrogens is 252 g/mol. The number of aromatic carboxylic acids is 1. The van der Waals surface area contributed by atoms with Crippen LogP contribution < -0.4 is 4.90 Å². The number of carbonyl (C=O) groups is 1. The molecule has 0 bridgehead atoms. The number of halogens is 2. The summed E-state index contributed by atoms with van der Waals surface area (Å²) in [4.78, 5) is 12.5. The molecule has 0 spiro atoms. The van der Waals surface area contributed by atoms with E-state index in [2.05, 4.69) is 0 Å².